The van der Waals surface area contributed by atoms with Crippen LogP contribution in [0.3, 0.4) is 0 Å². The molecule has 2 aromatic rings. The third kappa shape index (κ3) is 7.83. The zero-order valence-electron chi connectivity index (χ0n) is 16.8. The molecule has 0 bridgehead atoms. The maximum atomic E-state index is 12.0. The molecule has 29 heavy (non-hydrogen) atoms. The molecule has 0 aromatic heterocycles. The molecule has 156 valence electrons. The van der Waals surface area contributed by atoms with Gasteiger partial charge >= 0.3 is 12.1 Å². The fourth-order valence-corrected chi connectivity index (χ4v) is 2.59. The Morgan fingerprint density at radius 2 is 1.62 bits per heavy atom. The molecule has 0 saturated heterocycles. The summed E-state index contributed by atoms with van der Waals surface area (Å²) in [6, 6.07) is 15.7. The van der Waals surface area contributed by atoms with Crippen molar-refractivity contribution < 1.29 is 29.3 Å². The summed E-state index contributed by atoms with van der Waals surface area (Å²) >= 11 is 0. The number of benzene rings is 2. The Morgan fingerprint density at radius 1 is 1.00 bits per heavy atom. The maximum absolute atomic E-state index is 12.0. The molecule has 0 aliphatic rings. The lowest BCUT2D eigenvalue weighted by atomic mass is 10.0. The molecule has 2 aromatic carbocycles. The van der Waals surface area contributed by atoms with Gasteiger partial charge in [0, 0.05) is 0 Å². The van der Waals surface area contributed by atoms with Gasteiger partial charge in [0.1, 0.15) is 18.0 Å². The smallest absolute Gasteiger partial charge is 0.407 e. The minimum absolute atomic E-state index is 0.117. The first kappa shape index (κ1) is 22.2. The first-order valence-electron chi connectivity index (χ1n) is 9.30. The Labute approximate surface area is 170 Å². The van der Waals surface area contributed by atoms with Gasteiger partial charge in [0.25, 0.3) is 0 Å². The molecule has 7 heteroatoms. The lowest BCUT2D eigenvalue weighted by molar-refractivity contribution is -0.148. The Morgan fingerprint density at radius 3 is 2.17 bits per heavy atom. The van der Waals surface area contributed by atoms with E-state index in [1.165, 1.54) is 0 Å². The van der Waals surface area contributed by atoms with Gasteiger partial charge in [-0.3, -0.25) is 0 Å². The van der Waals surface area contributed by atoms with Crippen molar-refractivity contribution in [2.24, 2.45) is 0 Å². The number of nitrogens with one attached hydrogen (secondary N) is 1. The summed E-state index contributed by atoms with van der Waals surface area (Å²) in [5.41, 5.74) is 1.04. The minimum atomic E-state index is -1.77. The van der Waals surface area contributed by atoms with Crippen LogP contribution in [0.2, 0.25) is 0 Å². The van der Waals surface area contributed by atoms with Crippen molar-refractivity contribution in [3.8, 4) is 5.75 Å². The molecule has 0 spiro atoms. The van der Waals surface area contributed by atoms with Crippen LogP contribution in [0.4, 0.5) is 4.79 Å². The first-order chi connectivity index (χ1) is 13.6. The van der Waals surface area contributed by atoms with Crippen LogP contribution in [0.15, 0.2) is 54.6 Å². The standard InChI is InChI=1S/C22H27NO6/c1-22(2,3)29-21(27)23-18(19(24)20(25)26)13-15-9-11-17(12-10-15)28-14-16-7-5-4-6-8-16/h4-12,18-19,24H,13-14H2,1-3H3,(H,23,27)(H,25,26)/t18-,19+/m1/s1. The Balaban J connectivity index is 2.00. The summed E-state index contributed by atoms with van der Waals surface area (Å²) in [6.45, 7) is 5.52. The van der Waals surface area contributed by atoms with E-state index in [2.05, 4.69) is 5.32 Å². The molecule has 0 heterocycles. The summed E-state index contributed by atoms with van der Waals surface area (Å²) in [5, 5.41) is 21.5. The summed E-state index contributed by atoms with van der Waals surface area (Å²) in [4.78, 5) is 23.2. The number of carboxylic acid groups (broad SMARTS) is 1. The normalized spacial score (nSPS) is 13.2. The van der Waals surface area contributed by atoms with Crippen molar-refractivity contribution in [2.75, 3.05) is 0 Å². The molecule has 0 unspecified atom stereocenters. The van der Waals surface area contributed by atoms with Gasteiger partial charge in [-0.25, -0.2) is 9.59 Å². The summed E-state index contributed by atoms with van der Waals surface area (Å²) in [6.07, 6.45) is -2.44. The van der Waals surface area contributed by atoms with Gasteiger partial charge in [-0.1, -0.05) is 42.5 Å². The number of alkyl carbamates (subject to hydrolysis) is 1. The van der Waals surface area contributed by atoms with Gasteiger partial charge in [-0.2, -0.15) is 0 Å². The van der Waals surface area contributed by atoms with E-state index in [4.69, 9.17) is 14.6 Å². The third-order valence-electron chi connectivity index (χ3n) is 3.96. The topological polar surface area (TPSA) is 105 Å². The van der Waals surface area contributed by atoms with E-state index in [9.17, 15) is 14.7 Å². The number of hydrogen-bond donors (Lipinski definition) is 3. The van der Waals surface area contributed by atoms with Crippen molar-refractivity contribution in [1.82, 2.24) is 5.32 Å². The number of carbonyl (C=O) groups excluding carboxylic acids is 1. The van der Waals surface area contributed by atoms with Gasteiger partial charge < -0.3 is 25.0 Å². The molecule has 3 N–H and O–H groups in total. The van der Waals surface area contributed by atoms with E-state index >= 15 is 0 Å². The fourth-order valence-electron chi connectivity index (χ4n) is 2.59. The highest BCUT2D eigenvalue weighted by Gasteiger charge is 2.29. The van der Waals surface area contributed by atoms with Crippen molar-refractivity contribution in [3.05, 3.63) is 65.7 Å². The zero-order valence-corrected chi connectivity index (χ0v) is 16.8. The monoisotopic (exact) mass is 401 g/mol. The highest BCUT2D eigenvalue weighted by Crippen LogP contribution is 2.16. The van der Waals surface area contributed by atoms with Gasteiger partial charge in [0.15, 0.2) is 6.10 Å². The average Bonchev–Trinajstić information content (AvgIpc) is 2.65. The van der Waals surface area contributed by atoms with Gasteiger partial charge in [-0.15, -0.1) is 0 Å². The van der Waals surface area contributed by atoms with Crippen LogP contribution in [0, 0.1) is 0 Å². The van der Waals surface area contributed by atoms with E-state index < -0.39 is 29.8 Å². The SMILES string of the molecule is CC(C)(C)OC(=O)N[C@H](Cc1ccc(OCc2ccccc2)cc1)[C@H](O)C(=O)O. The van der Waals surface area contributed by atoms with Crippen LogP contribution in [0.1, 0.15) is 31.9 Å². The second kappa shape index (κ2) is 9.93. The Bertz CT molecular complexity index is 798. The molecular weight excluding hydrogens is 374 g/mol. The Kier molecular flexibility index (Phi) is 7.61. The second-order valence-electron chi connectivity index (χ2n) is 7.66. The van der Waals surface area contributed by atoms with E-state index in [-0.39, 0.29) is 6.42 Å². The summed E-state index contributed by atoms with van der Waals surface area (Å²) in [5.74, 6) is -0.762. The van der Waals surface area contributed by atoms with Crippen LogP contribution in [0.5, 0.6) is 5.75 Å². The van der Waals surface area contributed by atoms with Crippen LogP contribution < -0.4 is 10.1 Å². The number of aliphatic carboxylic acids is 1. The highest BCUT2D eigenvalue weighted by atomic mass is 16.6. The van der Waals surface area contributed by atoms with E-state index in [1.54, 1.807) is 45.0 Å². The predicted octanol–water partition coefficient (Wildman–Crippen LogP) is 3.15. The number of aliphatic hydroxyl groups excluding tert-OH is 1. The zero-order chi connectivity index (χ0) is 21.4. The molecular formula is C22H27NO6. The van der Waals surface area contributed by atoms with E-state index in [0.717, 1.165) is 11.1 Å². The number of rotatable bonds is 8. The van der Waals surface area contributed by atoms with Crippen LogP contribution in [-0.2, 0) is 22.6 Å². The highest BCUT2D eigenvalue weighted by molar-refractivity contribution is 5.75. The average molecular weight is 401 g/mol. The summed E-state index contributed by atoms with van der Waals surface area (Å²) < 4.78 is 10.9. The maximum Gasteiger partial charge on any atom is 0.407 e. The third-order valence-corrected chi connectivity index (χ3v) is 3.96. The molecule has 2 atom stereocenters. The fraction of sp³-hybridized carbons (Fsp3) is 0.364. The van der Waals surface area contributed by atoms with E-state index in [0.29, 0.717) is 12.4 Å². The number of carboxylic acids is 1. The minimum Gasteiger partial charge on any atom is -0.489 e. The van der Waals surface area contributed by atoms with Crippen molar-refractivity contribution in [3.63, 3.8) is 0 Å². The van der Waals surface area contributed by atoms with Crippen molar-refractivity contribution >= 4 is 12.1 Å². The van der Waals surface area contributed by atoms with E-state index in [1.807, 2.05) is 30.3 Å². The number of carbonyl (C=O) groups is 2. The molecule has 1 amide bonds. The van der Waals surface area contributed by atoms with Crippen LogP contribution in [0.25, 0.3) is 0 Å². The number of hydrogen-bond acceptors (Lipinski definition) is 5. The first-order valence-corrected chi connectivity index (χ1v) is 9.30. The van der Waals surface area contributed by atoms with Crippen molar-refractivity contribution in [1.29, 1.82) is 0 Å². The molecule has 2 rings (SSSR count). The predicted molar refractivity (Wildman–Crippen MR) is 108 cm³/mol. The number of amides is 1. The molecule has 0 aliphatic heterocycles. The summed E-state index contributed by atoms with van der Waals surface area (Å²) in [7, 11) is 0. The lowest BCUT2D eigenvalue weighted by Gasteiger charge is -2.25. The molecule has 0 fully saturated rings. The van der Waals surface area contributed by atoms with Crippen LogP contribution >= 0.6 is 0 Å². The largest absolute Gasteiger partial charge is 0.489 e. The van der Waals surface area contributed by atoms with Crippen molar-refractivity contribution in [2.45, 2.75) is 51.5 Å². The molecule has 0 saturated carbocycles. The Hall–Kier alpha value is -3.06. The lowest BCUT2D eigenvalue weighted by Crippen LogP contribution is -2.49. The number of aliphatic hydroxyl groups is 1. The molecule has 7 nitrogen and oxygen atoms in total. The molecule has 0 radical (unpaired) electrons. The molecule has 0 aliphatic carbocycles. The van der Waals surface area contributed by atoms with Crippen LogP contribution in [-0.4, -0.2) is 40.0 Å². The van der Waals surface area contributed by atoms with Gasteiger partial charge in [0.05, 0.1) is 6.04 Å². The van der Waals surface area contributed by atoms with Gasteiger partial charge in [0.2, 0.25) is 0 Å². The number of ether oxygens (including phenoxy) is 2. The van der Waals surface area contributed by atoms with Gasteiger partial charge in [-0.05, 0) is 50.5 Å². The second-order valence-corrected chi connectivity index (χ2v) is 7.66. The quantitative estimate of drug-likeness (QED) is 0.628.